The van der Waals surface area contributed by atoms with Crippen LogP contribution in [-0.4, -0.2) is 74.1 Å². The Hall–Kier alpha value is -3.17. The fraction of sp³-hybridized carbons (Fsp3) is 0.552. The minimum Gasteiger partial charge on any atom is -0.493 e. The van der Waals surface area contributed by atoms with Gasteiger partial charge in [0, 0.05) is 69.7 Å². The van der Waals surface area contributed by atoms with E-state index in [1.165, 1.54) is 5.69 Å². The number of aromatic nitrogens is 1. The average molecular weight is 521 g/mol. The summed E-state index contributed by atoms with van der Waals surface area (Å²) in [5.41, 5.74) is 3.15. The molecule has 4 heterocycles. The summed E-state index contributed by atoms with van der Waals surface area (Å²) in [6, 6.07) is 12.1. The molecule has 204 valence electrons. The number of amides is 2. The van der Waals surface area contributed by atoms with Gasteiger partial charge in [-0.15, -0.1) is 0 Å². The number of carbonyl (C=O) groups excluding carboxylic acids is 2. The highest BCUT2D eigenvalue weighted by Gasteiger charge is 2.32. The molecular weight excluding hydrogens is 480 g/mol. The minimum atomic E-state index is 0.0514. The van der Waals surface area contributed by atoms with E-state index in [0.29, 0.717) is 45.8 Å². The maximum absolute atomic E-state index is 13.1. The van der Waals surface area contributed by atoms with Crippen molar-refractivity contribution in [3.63, 3.8) is 0 Å². The molecule has 0 unspecified atom stereocenters. The molecule has 0 saturated carbocycles. The molecule has 2 amide bonds. The van der Waals surface area contributed by atoms with Crippen LogP contribution in [0.15, 0.2) is 42.6 Å². The Morgan fingerprint density at radius 2 is 1.95 bits per heavy atom. The van der Waals surface area contributed by atoms with E-state index in [9.17, 15) is 9.59 Å². The van der Waals surface area contributed by atoms with Gasteiger partial charge in [0.1, 0.15) is 5.75 Å². The molecule has 0 radical (unpaired) electrons. The van der Waals surface area contributed by atoms with E-state index in [1.807, 2.05) is 23.1 Å². The molecule has 0 spiro atoms. The van der Waals surface area contributed by atoms with Crippen molar-refractivity contribution >= 4 is 17.5 Å². The third kappa shape index (κ3) is 7.02. The first-order valence-corrected chi connectivity index (χ1v) is 14.0. The van der Waals surface area contributed by atoms with E-state index >= 15 is 0 Å². The summed E-state index contributed by atoms with van der Waals surface area (Å²) in [4.78, 5) is 34.5. The van der Waals surface area contributed by atoms with Gasteiger partial charge in [0.15, 0.2) is 0 Å². The largest absolute Gasteiger partial charge is 0.493 e. The van der Waals surface area contributed by atoms with Crippen LogP contribution in [0, 0.1) is 11.8 Å². The molecular formula is C29H40N6O3. The molecule has 1 aromatic carbocycles. The fourth-order valence-electron chi connectivity index (χ4n) is 5.81. The van der Waals surface area contributed by atoms with Crippen molar-refractivity contribution in [1.29, 1.82) is 0 Å². The highest BCUT2D eigenvalue weighted by Crippen LogP contribution is 2.31. The highest BCUT2D eigenvalue weighted by molar-refractivity contribution is 5.79. The molecule has 3 N–H and O–H groups in total. The van der Waals surface area contributed by atoms with Crippen LogP contribution in [0.3, 0.4) is 0 Å². The van der Waals surface area contributed by atoms with E-state index in [2.05, 4.69) is 44.0 Å². The number of benzene rings is 1. The van der Waals surface area contributed by atoms with Crippen LogP contribution >= 0.6 is 0 Å². The van der Waals surface area contributed by atoms with Crippen LogP contribution in [0.2, 0.25) is 0 Å². The maximum atomic E-state index is 13.1. The van der Waals surface area contributed by atoms with Crippen LogP contribution in [0.1, 0.15) is 36.9 Å². The second kappa shape index (κ2) is 13.1. The zero-order valence-electron chi connectivity index (χ0n) is 22.2. The van der Waals surface area contributed by atoms with Crippen molar-refractivity contribution in [1.82, 2.24) is 25.8 Å². The Balaban J connectivity index is 1.21. The number of carbonyl (C=O) groups is 2. The third-order valence-electron chi connectivity index (χ3n) is 7.98. The predicted molar refractivity (Wildman–Crippen MR) is 147 cm³/mol. The smallest absolute Gasteiger partial charge is 0.236 e. The van der Waals surface area contributed by atoms with Crippen molar-refractivity contribution in [2.75, 3.05) is 57.3 Å². The molecule has 2 saturated heterocycles. The molecule has 0 aliphatic carbocycles. The van der Waals surface area contributed by atoms with Gasteiger partial charge in [0.05, 0.1) is 25.4 Å². The predicted octanol–water partition coefficient (Wildman–Crippen LogP) is 1.92. The molecule has 2 aromatic rings. The Morgan fingerprint density at radius 3 is 2.79 bits per heavy atom. The number of anilines is 1. The summed E-state index contributed by atoms with van der Waals surface area (Å²) in [5.74, 6) is 1.61. The SMILES string of the molecule is O=C(C[C@@H]1CCN2C[C@@H]1CCCOc1ccc(N3CCNCC3)cc1CNCC2=O)NCc1ccccn1. The number of nitrogens with zero attached hydrogens (tertiary/aromatic N) is 3. The number of rotatable bonds is 5. The van der Waals surface area contributed by atoms with Crippen LogP contribution in [0.5, 0.6) is 5.75 Å². The molecule has 2 atom stereocenters. The van der Waals surface area contributed by atoms with Crippen LogP contribution in [-0.2, 0) is 22.7 Å². The molecule has 2 bridgehead atoms. The first-order chi connectivity index (χ1) is 18.7. The van der Waals surface area contributed by atoms with Crippen molar-refractivity contribution < 1.29 is 14.3 Å². The number of hydrogen-bond donors (Lipinski definition) is 3. The van der Waals surface area contributed by atoms with Gasteiger partial charge in [-0.25, -0.2) is 0 Å². The average Bonchev–Trinajstić information content (AvgIpc) is 2.97. The maximum Gasteiger partial charge on any atom is 0.236 e. The van der Waals surface area contributed by atoms with E-state index in [1.54, 1.807) is 6.20 Å². The summed E-state index contributed by atoms with van der Waals surface area (Å²) in [6.45, 7) is 7.34. The number of hydrogen-bond acceptors (Lipinski definition) is 7. The Labute approximate surface area is 225 Å². The topological polar surface area (TPSA) is 98.8 Å². The quantitative estimate of drug-likeness (QED) is 0.554. The first kappa shape index (κ1) is 26.4. The molecule has 5 rings (SSSR count). The summed E-state index contributed by atoms with van der Waals surface area (Å²) in [7, 11) is 0. The number of piperidine rings is 1. The Morgan fingerprint density at radius 1 is 1.05 bits per heavy atom. The van der Waals surface area contributed by atoms with E-state index in [0.717, 1.165) is 62.4 Å². The molecule has 3 aliphatic heterocycles. The van der Waals surface area contributed by atoms with Crippen molar-refractivity contribution in [3.05, 3.63) is 53.9 Å². The summed E-state index contributed by atoms with van der Waals surface area (Å²) >= 11 is 0. The van der Waals surface area contributed by atoms with Gasteiger partial charge in [-0.3, -0.25) is 14.6 Å². The van der Waals surface area contributed by atoms with Crippen molar-refractivity contribution in [2.24, 2.45) is 11.8 Å². The fourth-order valence-corrected chi connectivity index (χ4v) is 5.81. The van der Waals surface area contributed by atoms with Crippen molar-refractivity contribution in [3.8, 4) is 5.75 Å². The Kier molecular flexibility index (Phi) is 9.09. The van der Waals surface area contributed by atoms with E-state index in [-0.39, 0.29) is 23.7 Å². The van der Waals surface area contributed by atoms with Gasteiger partial charge in [-0.2, -0.15) is 0 Å². The van der Waals surface area contributed by atoms with Crippen LogP contribution in [0.25, 0.3) is 0 Å². The monoisotopic (exact) mass is 520 g/mol. The minimum absolute atomic E-state index is 0.0514. The van der Waals surface area contributed by atoms with Gasteiger partial charge in [-0.1, -0.05) is 6.07 Å². The number of pyridine rings is 1. The summed E-state index contributed by atoms with van der Waals surface area (Å²) in [5, 5.41) is 9.79. The van der Waals surface area contributed by atoms with Gasteiger partial charge in [-0.05, 0) is 61.4 Å². The van der Waals surface area contributed by atoms with Gasteiger partial charge in [0.25, 0.3) is 0 Å². The van der Waals surface area contributed by atoms with Crippen molar-refractivity contribution in [2.45, 2.75) is 38.8 Å². The zero-order valence-corrected chi connectivity index (χ0v) is 22.2. The number of piperazine rings is 1. The van der Waals surface area contributed by atoms with E-state index in [4.69, 9.17) is 4.74 Å². The molecule has 2 fully saturated rings. The van der Waals surface area contributed by atoms with Crippen LogP contribution < -0.4 is 25.6 Å². The lowest BCUT2D eigenvalue weighted by Gasteiger charge is -2.38. The normalized spacial score (nSPS) is 22.8. The molecule has 9 heteroatoms. The number of ether oxygens (including phenoxy) is 1. The van der Waals surface area contributed by atoms with Crippen LogP contribution in [0.4, 0.5) is 5.69 Å². The lowest BCUT2D eigenvalue weighted by Crippen LogP contribution is -2.47. The summed E-state index contributed by atoms with van der Waals surface area (Å²) in [6.07, 6.45) is 4.90. The number of nitrogens with one attached hydrogen (secondary N) is 3. The highest BCUT2D eigenvalue weighted by atomic mass is 16.5. The Bertz CT molecular complexity index is 1080. The molecule has 38 heavy (non-hydrogen) atoms. The molecule has 9 nitrogen and oxygen atoms in total. The second-order valence-electron chi connectivity index (χ2n) is 10.6. The van der Waals surface area contributed by atoms with Gasteiger partial charge in [0.2, 0.25) is 11.8 Å². The lowest BCUT2D eigenvalue weighted by molar-refractivity contribution is -0.133. The van der Waals surface area contributed by atoms with Gasteiger partial charge < -0.3 is 30.5 Å². The van der Waals surface area contributed by atoms with E-state index < -0.39 is 0 Å². The zero-order chi connectivity index (χ0) is 26.2. The first-order valence-electron chi connectivity index (χ1n) is 14.0. The molecule has 3 aliphatic rings. The summed E-state index contributed by atoms with van der Waals surface area (Å²) < 4.78 is 6.26. The number of fused-ring (bicyclic) bond motifs is 3. The van der Waals surface area contributed by atoms with Gasteiger partial charge >= 0.3 is 0 Å². The third-order valence-corrected chi connectivity index (χ3v) is 7.98. The standard InChI is InChI=1S/C29H40N6O3/c36-28(33-19-25-5-1-2-9-32-25)17-22-8-12-35-21-23(22)4-3-15-38-27-7-6-26(34-13-10-30-11-14-34)16-24(27)18-31-20-29(35)37/h1-2,5-7,9,16,22-23,30-31H,3-4,8,10-15,17-21H2,(H,33,36)/t22-,23-/m0/s1. The second-order valence-corrected chi connectivity index (χ2v) is 10.6. The molecule has 1 aromatic heterocycles. The lowest BCUT2D eigenvalue weighted by atomic mass is 9.80.